The highest BCUT2D eigenvalue weighted by Crippen LogP contribution is 2.28. The van der Waals surface area contributed by atoms with Crippen molar-refractivity contribution in [2.24, 2.45) is 0 Å². The monoisotopic (exact) mass is 395 g/mol. The first-order valence-corrected chi connectivity index (χ1v) is 9.72. The van der Waals surface area contributed by atoms with Gasteiger partial charge in [0.05, 0.1) is 0 Å². The lowest BCUT2D eigenvalue weighted by Crippen LogP contribution is -2.52. The molecule has 0 aliphatic carbocycles. The number of fused-ring (bicyclic) bond motifs is 1. The summed E-state index contributed by atoms with van der Waals surface area (Å²) in [4.78, 5) is 42.3. The van der Waals surface area contributed by atoms with E-state index >= 15 is 0 Å². The van der Waals surface area contributed by atoms with Crippen LogP contribution in [0.15, 0.2) is 18.2 Å². The maximum atomic E-state index is 12.7. The van der Waals surface area contributed by atoms with Crippen molar-refractivity contribution >= 4 is 23.7 Å². The van der Waals surface area contributed by atoms with E-state index in [9.17, 15) is 14.4 Å². The highest BCUT2D eigenvalue weighted by molar-refractivity contribution is 6.05. The zero-order chi connectivity index (χ0) is 20.0. The number of rotatable bonds is 5. The molecule has 1 unspecified atom stereocenters. The number of nitrogens with zero attached hydrogens (tertiary/aromatic N) is 3. The SMILES string of the molecule is O=C1CCC(N2Cc3cc(CNc4n[nH]c(C5CNC5)n4)ccc3C2=O)C(=O)N1. The molecule has 3 aliphatic heterocycles. The number of benzene rings is 1. The average molecular weight is 395 g/mol. The minimum atomic E-state index is -0.596. The number of carbonyl (C=O) groups is 3. The first kappa shape index (κ1) is 17.8. The van der Waals surface area contributed by atoms with Crippen LogP contribution in [0.2, 0.25) is 0 Å². The smallest absolute Gasteiger partial charge is 0.255 e. The van der Waals surface area contributed by atoms with Gasteiger partial charge in [0, 0.05) is 44.1 Å². The fourth-order valence-electron chi connectivity index (χ4n) is 3.94. The molecule has 1 atom stereocenters. The summed E-state index contributed by atoms with van der Waals surface area (Å²) in [5.41, 5.74) is 2.49. The van der Waals surface area contributed by atoms with Crippen molar-refractivity contribution in [3.63, 3.8) is 0 Å². The van der Waals surface area contributed by atoms with Gasteiger partial charge in [0.15, 0.2) is 0 Å². The molecule has 10 heteroatoms. The van der Waals surface area contributed by atoms with Crippen molar-refractivity contribution in [2.45, 2.75) is 37.9 Å². The quantitative estimate of drug-likeness (QED) is 0.518. The summed E-state index contributed by atoms with van der Waals surface area (Å²) in [6, 6.07) is 5.06. The van der Waals surface area contributed by atoms with Crippen molar-refractivity contribution in [1.82, 2.24) is 30.7 Å². The molecule has 0 spiro atoms. The van der Waals surface area contributed by atoms with Crippen LogP contribution in [0, 0.1) is 0 Å². The fourth-order valence-corrected chi connectivity index (χ4v) is 3.94. The van der Waals surface area contributed by atoms with Crippen molar-refractivity contribution < 1.29 is 14.4 Å². The molecule has 2 saturated heterocycles. The third-order valence-corrected chi connectivity index (χ3v) is 5.71. The Kier molecular flexibility index (Phi) is 4.27. The summed E-state index contributed by atoms with van der Waals surface area (Å²) in [5, 5.41) is 15.9. The van der Waals surface area contributed by atoms with Gasteiger partial charge in [0.2, 0.25) is 17.8 Å². The van der Waals surface area contributed by atoms with Gasteiger partial charge in [0.1, 0.15) is 11.9 Å². The first-order chi connectivity index (χ1) is 14.1. The number of H-pyrrole nitrogens is 1. The van der Waals surface area contributed by atoms with Crippen molar-refractivity contribution in [1.29, 1.82) is 0 Å². The Morgan fingerprint density at radius 1 is 1.21 bits per heavy atom. The van der Waals surface area contributed by atoms with Crippen LogP contribution in [-0.2, 0) is 22.7 Å². The third kappa shape index (κ3) is 3.25. The van der Waals surface area contributed by atoms with Crippen LogP contribution in [-0.4, -0.2) is 56.9 Å². The molecule has 0 saturated carbocycles. The van der Waals surface area contributed by atoms with Crippen LogP contribution >= 0.6 is 0 Å². The summed E-state index contributed by atoms with van der Waals surface area (Å²) >= 11 is 0. The number of anilines is 1. The van der Waals surface area contributed by atoms with E-state index in [0.29, 0.717) is 36.9 Å². The summed E-state index contributed by atoms with van der Waals surface area (Å²) in [7, 11) is 0. The number of carbonyl (C=O) groups excluding carboxylic acids is 3. The van der Waals surface area contributed by atoms with Gasteiger partial charge in [0.25, 0.3) is 5.91 Å². The van der Waals surface area contributed by atoms with E-state index in [-0.39, 0.29) is 18.2 Å². The van der Waals surface area contributed by atoms with Gasteiger partial charge >= 0.3 is 0 Å². The highest BCUT2D eigenvalue weighted by Gasteiger charge is 2.39. The molecule has 150 valence electrons. The molecule has 2 aromatic rings. The van der Waals surface area contributed by atoms with Crippen LogP contribution in [0.25, 0.3) is 0 Å². The van der Waals surface area contributed by atoms with Gasteiger partial charge < -0.3 is 15.5 Å². The molecule has 1 aromatic carbocycles. The summed E-state index contributed by atoms with van der Waals surface area (Å²) in [6.45, 7) is 2.72. The molecule has 0 bridgehead atoms. The lowest BCUT2D eigenvalue weighted by molar-refractivity contribution is -0.136. The fraction of sp³-hybridized carbons (Fsp3) is 0.421. The number of imide groups is 1. The van der Waals surface area contributed by atoms with Gasteiger partial charge in [-0.2, -0.15) is 4.98 Å². The summed E-state index contributed by atoms with van der Waals surface area (Å²) in [6.07, 6.45) is 0.615. The second kappa shape index (κ2) is 6.96. The van der Waals surface area contributed by atoms with Crippen LogP contribution in [0.4, 0.5) is 5.95 Å². The van der Waals surface area contributed by atoms with E-state index in [0.717, 1.165) is 30.0 Å². The molecule has 4 N–H and O–H groups in total. The molecule has 3 aliphatic rings. The van der Waals surface area contributed by atoms with Crippen molar-refractivity contribution in [3.8, 4) is 0 Å². The van der Waals surface area contributed by atoms with Gasteiger partial charge in [-0.1, -0.05) is 12.1 Å². The average Bonchev–Trinajstić information content (AvgIpc) is 3.23. The zero-order valence-corrected chi connectivity index (χ0v) is 15.7. The number of nitrogens with one attached hydrogen (secondary N) is 4. The Morgan fingerprint density at radius 3 is 2.83 bits per heavy atom. The normalized spacial score (nSPS) is 21.7. The maximum Gasteiger partial charge on any atom is 0.255 e. The first-order valence-electron chi connectivity index (χ1n) is 9.72. The highest BCUT2D eigenvalue weighted by atomic mass is 16.2. The Morgan fingerprint density at radius 2 is 2.07 bits per heavy atom. The minimum absolute atomic E-state index is 0.165. The number of aromatic nitrogens is 3. The maximum absolute atomic E-state index is 12.7. The Labute approximate surface area is 166 Å². The molecular weight excluding hydrogens is 374 g/mol. The van der Waals surface area contributed by atoms with Crippen molar-refractivity contribution in [2.75, 3.05) is 18.4 Å². The van der Waals surface area contributed by atoms with E-state index < -0.39 is 11.9 Å². The number of hydrogen-bond donors (Lipinski definition) is 4. The van der Waals surface area contributed by atoms with Crippen LogP contribution in [0.5, 0.6) is 0 Å². The van der Waals surface area contributed by atoms with E-state index in [2.05, 4.69) is 31.1 Å². The largest absolute Gasteiger partial charge is 0.349 e. The molecule has 10 nitrogen and oxygen atoms in total. The summed E-state index contributed by atoms with van der Waals surface area (Å²) in [5.74, 6) is 0.974. The number of hydrogen-bond acceptors (Lipinski definition) is 7. The topological polar surface area (TPSA) is 132 Å². The molecule has 29 heavy (non-hydrogen) atoms. The van der Waals surface area contributed by atoms with Gasteiger partial charge in [-0.15, -0.1) is 5.10 Å². The van der Waals surface area contributed by atoms with Crippen molar-refractivity contribution in [3.05, 3.63) is 40.7 Å². The van der Waals surface area contributed by atoms with E-state index in [1.165, 1.54) is 0 Å². The van der Waals surface area contributed by atoms with Crippen LogP contribution < -0.4 is 16.0 Å². The predicted octanol–water partition coefficient (Wildman–Crippen LogP) is -0.135. The molecule has 0 radical (unpaired) electrons. The van der Waals surface area contributed by atoms with E-state index in [4.69, 9.17) is 0 Å². The minimum Gasteiger partial charge on any atom is -0.349 e. The molecule has 4 heterocycles. The zero-order valence-electron chi connectivity index (χ0n) is 15.7. The van der Waals surface area contributed by atoms with E-state index in [1.54, 1.807) is 11.0 Å². The molecule has 2 fully saturated rings. The van der Waals surface area contributed by atoms with Crippen LogP contribution in [0.1, 0.15) is 46.1 Å². The predicted molar refractivity (Wildman–Crippen MR) is 102 cm³/mol. The molecule has 5 rings (SSSR count). The lowest BCUT2D eigenvalue weighted by Gasteiger charge is -2.29. The standard InChI is InChI=1S/C19H21N7O3/c27-15-4-3-14(17(28)22-15)26-9-11-5-10(1-2-13(11)18(26)29)6-21-19-23-16(24-25-19)12-7-20-8-12/h1-2,5,12,14,20H,3-4,6-9H2,(H,22,27,28)(H2,21,23,24,25). The number of piperidine rings is 1. The third-order valence-electron chi connectivity index (χ3n) is 5.71. The summed E-state index contributed by atoms with van der Waals surface area (Å²) < 4.78 is 0. The Balaban J connectivity index is 1.25. The Hall–Kier alpha value is -3.27. The number of aromatic amines is 1. The molecular formula is C19H21N7O3. The van der Waals surface area contributed by atoms with Gasteiger partial charge in [-0.3, -0.25) is 24.8 Å². The van der Waals surface area contributed by atoms with Gasteiger partial charge in [-0.25, -0.2) is 0 Å². The Bertz CT molecular complexity index is 997. The lowest BCUT2D eigenvalue weighted by atomic mass is 10.0. The number of amides is 3. The van der Waals surface area contributed by atoms with Crippen LogP contribution in [0.3, 0.4) is 0 Å². The second-order valence-electron chi connectivity index (χ2n) is 7.64. The van der Waals surface area contributed by atoms with Gasteiger partial charge in [-0.05, 0) is 23.6 Å². The second-order valence-corrected chi connectivity index (χ2v) is 7.64. The molecule has 3 amide bonds. The molecule has 1 aromatic heterocycles. The van der Waals surface area contributed by atoms with E-state index in [1.807, 2.05) is 12.1 Å².